The van der Waals surface area contributed by atoms with Crippen molar-refractivity contribution in [1.29, 1.82) is 0 Å². The van der Waals surface area contributed by atoms with E-state index in [1.807, 2.05) is 0 Å². The number of aromatic amines is 1. The van der Waals surface area contributed by atoms with Crippen LogP contribution in [-0.4, -0.2) is 14.8 Å². The van der Waals surface area contributed by atoms with E-state index < -0.39 is 0 Å². The van der Waals surface area contributed by atoms with Gasteiger partial charge in [0.1, 0.15) is 5.82 Å². The minimum Gasteiger partial charge on any atom is -0.293 e. The lowest BCUT2D eigenvalue weighted by Gasteiger charge is -1.92. The number of nitrogens with zero attached hydrogens (tertiary/aromatic N) is 2. The Kier molecular flexibility index (Phi) is 2.12. The van der Waals surface area contributed by atoms with Crippen molar-refractivity contribution < 1.29 is 4.39 Å². The Morgan fingerprint density at radius 2 is 2.24 bits per heavy atom. The zero-order valence-corrected chi connectivity index (χ0v) is 9.71. The molecule has 6 heteroatoms. The fraction of sp³-hybridized carbons (Fsp3) is 0.0909. The molecule has 2 heterocycles. The Bertz CT molecular complexity index is 756. The molecule has 0 fully saturated rings. The molecule has 2 aromatic heterocycles. The first-order valence-corrected chi connectivity index (χ1v) is 5.80. The van der Waals surface area contributed by atoms with E-state index in [1.54, 1.807) is 13.0 Å². The molecule has 0 aliphatic carbocycles. The van der Waals surface area contributed by atoms with Crippen molar-refractivity contribution in [2.75, 3.05) is 0 Å². The van der Waals surface area contributed by atoms with Crippen LogP contribution in [0.1, 0.15) is 5.69 Å². The summed E-state index contributed by atoms with van der Waals surface area (Å²) in [5.41, 5.74) is 1.29. The molecule has 86 valence electrons. The van der Waals surface area contributed by atoms with Crippen molar-refractivity contribution in [3.63, 3.8) is 0 Å². The molecule has 1 N–H and O–H groups in total. The summed E-state index contributed by atoms with van der Waals surface area (Å²) in [4.78, 5) is 15.9. The molecular weight excluding hydrogens is 241 g/mol. The van der Waals surface area contributed by atoms with Crippen LogP contribution in [0.2, 0.25) is 0 Å². The van der Waals surface area contributed by atoms with Crippen molar-refractivity contribution in [3.8, 4) is 5.13 Å². The van der Waals surface area contributed by atoms with Crippen LogP contribution in [0.5, 0.6) is 0 Å². The van der Waals surface area contributed by atoms with E-state index >= 15 is 0 Å². The number of aromatic nitrogens is 3. The summed E-state index contributed by atoms with van der Waals surface area (Å²) in [6, 6.07) is 5.87. The Labute approximate surface area is 99.3 Å². The number of nitrogens with one attached hydrogen (secondary N) is 1. The molecule has 4 nitrogen and oxygen atoms in total. The third kappa shape index (κ3) is 1.66. The van der Waals surface area contributed by atoms with Gasteiger partial charge >= 0.3 is 0 Å². The molecule has 1 aromatic carbocycles. The van der Waals surface area contributed by atoms with Gasteiger partial charge in [0.2, 0.25) is 5.13 Å². The van der Waals surface area contributed by atoms with E-state index in [0.29, 0.717) is 10.6 Å². The standard InChI is InChI=1S/C11H8FN3OS/c1-6-4-10(16)15(14-6)11-13-8-3-2-7(12)5-9(8)17-11/h2-5,14H,1H3. The normalized spacial score (nSPS) is 11.2. The molecule has 0 amide bonds. The van der Waals surface area contributed by atoms with Crippen molar-refractivity contribution >= 4 is 21.6 Å². The molecule has 0 saturated heterocycles. The molecule has 0 aliphatic rings. The first-order chi connectivity index (χ1) is 8.13. The van der Waals surface area contributed by atoms with Gasteiger partial charge in [-0.15, -0.1) is 0 Å². The van der Waals surface area contributed by atoms with Crippen molar-refractivity contribution in [1.82, 2.24) is 14.8 Å². The topological polar surface area (TPSA) is 50.7 Å². The lowest BCUT2D eigenvalue weighted by molar-refractivity contribution is 0.630. The fourth-order valence-corrected chi connectivity index (χ4v) is 2.59. The zero-order chi connectivity index (χ0) is 12.0. The second-order valence-corrected chi connectivity index (χ2v) is 4.73. The lowest BCUT2D eigenvalue weighted by Crippen LogP contribution is -2.12. The highest BCUT2D eigenvalue weighted by atomic mass is 32.1. The van der Waals surface area contributed by atoms with E-state index in [1.165, 1.54) is 34.2 Å². The van der Waals surface area contributed by atoms with Crippen LogP contribution in [-0.2, 0) is 0 Å². The van der Waals surface area contributed by atoms with Crippen LogP contribution >= 0.6 is 11.3 Å². The smallest absolute Gasteiger partial charge is 0.273 e. The summed E-state index contributed by atoms with van der Waals surface area (Å²) in [7, 11) is 0. The molecule has 0 spiro atoms. The predicted octanol–water partition coefficient (Wildman–Crippen LogP) is 2.22. The van der Waals surface area contributed by atoms with Gasteiger partial charge in [-0.25, -0.2) is 9.37 Å². The van der Waals surface area contributed by atoms with Gasteiger partial charge in [0.15, 0.2) is 0 Å². The maximum atomic E-state index is 13.0. The van der Waals surface area contributed by atoms with Crippen molar-refractivity contribution in [3.05, 3.63) is 46.1 Å². The maximum Gasteiger partial charge on any atom is 0.273 e. The third-order valence-corrected chi connectivity index (χ3v) is 3.38. The number of aryl methyl sites for hydroxylation is 1. The Balaban J connectivity index is 2.25. The van der Waals surface area contributed by atoms with Crippen LogP contribution in [0.3, 0.4) is 0 Å². The second kappa shape index (κ2) is 3.53. The Hall–Kier alpha value is -1.95. The van der Waals surface area contributed by atoms with Gasteiger partial charge in [-0.3, -0.25) is 9.89 Å². The number of hydrogen-bond acceptors (Lipinski definition) is 3. The van der Waals surface area contributed by atoms with E-state index in [9.17, 15) is 9.18 Å². The van der Waals surface area contributed by atoms with Gasteiger partial charge in [-0.2, -0.15) is 4.68 Å². The predicted molar refractivity (Wildman–Crippen MR) is 64.3 cm³/mol. The SMILES string of the molecule is Cc1cc(=O)n(-c2nc3ccc(F)cc3s2)[nH]1. The number of H-pyrrole nitrogens is 1. The van der Waals surface area contributed by atoms with Gasteiger partial charge in [-0.05, 0) is 25.1 Å². The van der Waals surface area contributed by atoms with Gasteiger partial charge in [-0.1, -0.05) is 11.3 Å². The van der Waals surface area contributed by atoms with E-state index in [2.05, 4.69) is 10.1 Å². The van der Waals surface area contributed by atoms with E-state index in [4.69, 9.17) is 0 Å². The summed E-state index contributed by atoms with van der Waals surface area (Å²) in [5, 5.41) is 3.41. The number of benzene rings is 1. The summed E-state index contributed by atoms with van der Waals surface area (Å²) in [6.07, 6.45) is 0. The average Bonchev–Trinajstić information content (AvgIpc) is 2.80. The summed E-state index contributed by atoms with van der Waals surface area (Å²) in [6.45, 7) is 1.80. The maximum absolute atomic E-state index is 13.0. The molecule has 17 heavy (non-hydrogen) atoms. The minimum atomic E-state index is -0.303. The third-order valence-electron chi connectivity index (χ3n) is 2.38. The lowest BCUT2D eigenvalue weighted by atomic mass is 10.3. The first kappa shape index (κ1) is 10.2. The highest BCUT2D eigenvalue weighted by molar-refractivity contribution is 7.20. The van der Waals surface area contributed by atoms with E-state index in [-0.39, 0.29) is 11.4 Å². The van der Waals surface area contributed by atoms with Gasteiger partial charge in [0.25, 0.3) is 5.56 Å². The molecule has 0 unspecified atom stereocenters. The number of fused-ring (bicyclic) bond motifs is 1. The summed E-state index contributed by atoms with van der Waals surface area (Å²) in [5.74, 6) is -0.303. The molecule has 0 bridgehead atoms. The first-order valence-electron chi connectivity index (χ1n) is 4.98. The second-order valence-electron chi connectivity index (χ2n) is 3.72. The average molecular weight is 249 g/mol. The molecule has 0 aliphatic heterocycles. The molecular formula is C11H8FN3OS. The number of rotatable bonds is 1. The Morgan fingerprint density at radius 3 is 2.94 bits per heavy atom. The molecule has 3 rings (SSSR count). The number of thiazole rings is 1. The van der Waals surface area contributed by atoms with Crippen LogP contribution in [0.15, 0.2) is 29.1 Å². The largest absolute Gasteiger partial charge is 0.293 e. The Morgan fingerprint density at radius 1 is 1.41 bits per heavy atom. The van der Waals surface area contributed by atoms with Crippen molar-refractivity contribution in [2.24, 2.45) is 0 Å². The molecule has 0 saturated carbocycles. The van der Waals surface area contributed by atoms with Crippen LogP contribution in [0, 0.1) is 12.7 Å². The fourth-order valence-electron chi connectivity index (χ4n) is 1.64. The molecule has 3 aromatic rings. The zero-order valence-electron chi connectivity index (χ0n) is 8.90. The van der Waals surface area contributed by atoms with Crippen LogP contribution < -0.4 is 5.56 Å². The van der Waals surface area contributed by atoms with Gasteiger partial charge < -0.3 is 0 Å². The van der Waals surface area contributed by atoms with E-state index in [0.717, 1.165) is 10.4 Å². The number of halogens is 1. The minimum absolute atomic E-state index is 0.165. The van der Waals surface area contributed by atoms with Crippen LogP contribution in [0.4, 0.5) is 4.39 Å². The molecule has 0 radical (unpaired) electrons. The van der Waals surface area contributed by atoms with Gasteiger partial charge in [0, 0.05) is 11.8 Å². The van der Waals surface area contributed by atoms with Gasteiger partial charge in [0.05, 0.1) is 10.2 Å². The molecule has 0 atom stereocenters. The highest BCUT2D eigenvalue weighted by Crippen LogP contribution is 2.24. The summed E-state index contributed by atoms with van der Waals surface area (Å²) >= 11 is 1.27. The quantitative estimate of drug-likeness (QED) is 0.719. The number of hydrogen-bond donors (Lipinski definition) is 1. The summed E-state index contributed by atoms with van der Waals surface area (Å²) < 4.78 is 15.1. The highest BCUT2D eigenvalue weighted by Gasteiger charge is 2.09. The van der Waals surface area contributed by atoms with Crippen LogP contribution in [0.25, 0.3) is 15.3 Å². The van der Waals surface area contributed by atoms with Crippen molar-refractivity contribution in [2.45, 2.75) is 6.92 Å². The monoisotopic (exact) mass is 249 g/mol.